The third-order valence-corrected chi connectivity index (χ3v) is 4.36. The van der Waals surface area contributed by atoms with Crippen LogP contribution in [0, 0.1) is 0 Å². The molecule has 3 rings (SSSR count). The summed E-state index contributed by atoms with van der Waals surface area (Å²) in [5, 5.41) is 6.11. The first kappa shape index (κ1) is 16.0. The number of primary amides is 1. The Balaban J connectivity index is 1.74. The van der Waals surface area contributed by atoms with Gasteiger partial charge in [0.05, 0.1) is 5.69 Å². The molecule has 0 radical (unpaired) electrons. The lowest BCUT2D eigenvalue weighted by molar-refractivity contribution is 0.100. The largest absolute Gasteiger partial charge is 0.378 e. The van der Waals surface area contributed by atoms with Crippen LogP contribution in [-0.4, -0.2) is 25.0 Å². The van der Waals surface area contributed by atoms with Crippen molar-refractivity contribution in [3.05, 3.63) is 59.5 Å². The molecule has 0 fully saturated rings. The highest BCUT2D eigenvalue weighted by atomic mass is 32.1. The van der Waals surface area contributed by atoms with Crippen LogP contribution in [0.25, 0.3) is 11.3 Å². The maximum Gasteiger partial charge on any atom is 0.248 e. The molecule has 0 saturated carbocycles. The topological polar surface area (TPSA) is 71.2 Å². The zero-order valence-electron chi connectivity index (χ0n) is 13.5. The zero-order valence-corrected chi connectivity index (χ0v) is 14.3. The van der Waals surface area contributed by atoms with Crippen molar-refractivity contribution >= 4 is 33.8 Å². The van der Waals surface area contributed by atoms with Gasteiger partial charge < -0.3 is 16.0 Å². The Kier molecular flexibility index (Phi) is 4.48. The molecule has 3 N–H and O–H groups in total. The highest BCUT2D eigenvalue weighted by molar-refractivity contribution is 7.14. The van der Waals surface area contributed by atoms with Gasteiger partial charge in [0.15, 0.2) is 5.13 Å². The molecule has 1 heterocycles. The molecule has 1 amide bonds. The van der Waals surface area contributed by atoms with Gasteiger partial charge in [0.1, 0.15) is 0 Å². The molecule has 5 nitrogen and oxygen atoms in total. The van der Waals surface area contributed by atoms with E-state index in [0.717, 1.165) is 27.8 Å². The van der Waals surface area contributed by atoms with E-state index in [1.165, 1.54) is 11.3 Å². The lowest BCUT2D eigenvalue weighted by atomic mass is 10.1. The van der Waals surface area contributed by atoms with Crippen LogP contribution in [0.1, 0.15) is 10.4 Å². The summed E-state index contributed by atoms with van der Waals surface area (Å²) in [5.74, 6) is -0.427. The summed E-state index contributed by atoms with van der Waals surface area (Å²) in [5.41, 5.74) is 9.70. The van der Waals surface area contributed by atoms with Gasteiger partial charge in [0.25, 0.3) is 0 Å². The minimum Gasteiger partial charge on any atom is -0.378 e. The van der Waals surface area contributed by atoms with Crippen molar-refractivity contribution in [3.63, 3.8) is 0 Å². The number of carbonyl (C=O) groups is 1. The number of benzene rings is 2. The fourth-order valence-corrected chi connectivity index (χ4v) is 2.98. The Morgan fingerprint density at radius 1 is 1.08 bits per heavy atom. The molecule has 1 aromatic heterocycles. The molecule has 0 saturated heterocycles. The molecule has 122 valence electrons. The number of carbonyl (C=O) groups excluding carboxylic acids is 1. The number of rotatable bonds is 5. The number of aromatic nitrogens is 1. The lowest BCUT2D eigenvalue weighted by Gasteiger charge is -2.12. The summed E-state index contributed by atoms with van der Waals surface area (Å²) in [6.07, 6.45) is 0. The van der Waals surface area contributed by atoms with Gasteiger partial charge in [-0.25, -0.2) is 4.98 Å². The molecule has 6 heteroatoms. The summed E-state index contributed by atoms with van der Waals surface area (Å²) in [6.45, 7) is 0. The molecule has 0 spiro atoms. The van der Waals surface area contributed by atoms with Crippen molar-refractivity contribution in [1.29, 1.82) is 0 Å². The van der Waals surface area contributed by atoms with Crippen molar-refractivity contribution < 1.29 is 4.79 Å². The van der Waals surface area contributed by atoms with Crippen molar-refractivity contribution in [1.82, 2.24) is 4.98 Å². The molecule has 2 aromatic carbocycles. The number of nitrogens with zero attached hydrogens (tertiary/aromatic N) is 2. The van der Waals surface area contributed by atoms with E-state index in [-0.39, 0.29) is 0 Å². The average molecular weight is 338 g/mol. The van der Waals surface area contributed by atoms with Gasteiger partial charge >= 0.3 is 0 Å². The first-order valence-electron chi connectivity index (χ1n) is 7.43. The predicted octanol–water partition coefficient (Wildman–Crippen LogP) is 3.72. The molecule has 3 aromatic rings. The average Bonchev–Trinajstić information content (AvgIpc) is 3.04. The number of amides is 1. The maximum atomic E-state index is 11.1. The number of nitrogens with one attached hydrogen (secondary N) is 1. The molecule has 0 aliphatic heterocycles. The van der Waals surface area contributed by atoms with E-state index >= 15 is 0 Å². The van der Waals surface area contributed by atoms with Gasteiger partial charge in [-0.1, -0.05) is 12.1 Å². The molecule has 0 atom stereocenters. The van der Waals surface area contributed by atoms with Crippen LogP contribution in [0.2, 0.25) is 0 Å². The maximum absolute atomic E-state index is 11.1. The number of nitrogens with two attached hydrogens (primary N) is 1. The lowest BCUT2D eigenvalue weighted by Crippen LogP contribution is -2.10. The minimum absolute atomic E-state index is 0.427. The monoisotopic (exact) mass is 338 g/mol. The van der Waals surface area contributed by atoms with Crippen LogP contribution < -0.4 is 16.0 Å². The standard InChI is InChI=1S/C18H18N4OS/c1-22(2)15-9-7-14(8-10-15)20-18-21-16(11-24-18)12-3-5-13(6-4-12)17(19)23/h3-11H,1-2H3,(H2,19,23)(H,20,21). The van der Waals surface area contributed by atoms with E-state index in [0.29, 0.717) is 5.56 Å². The van der Waals surface area contributed by atoms with Crippen molar-refractivity contribution in [2.24, 2.45) is 5.73 Å². The molecule has 0 bridgehead atoms. The fraction of sp³-hybridized carbons (Fsp3) is 0.111. The van der Waals surface area contributed by atoms with Gasteiger partial charge in [-0.15, -0.1) is 11.3 Å². The van der Waals surface area contributed by atoms with Gasteiger partial charge in [-0.05, 0) is 36.4 Å². The van der Waals surface area contributed by atoms with Crippen molar-refractivity contribution in [3.8, 4) is 11.3 Å². The Hall–Kier alpha value is -2.86. The van der Waals surface area contributed by atoms with Crippen molar-refractivity contribution in [2.75, 3.05) is 24.3 Å². The van der Waals surface area contributed by atoms with Gasteiger partial charge in [-0.3, -0.25) is 4.79 Å². The van der Waals surface area contributed by atoms with Crippen LogP contribution in [0.5, 0.6) is 0 Å². The predicted molar refractivity (Wildman–Crippen MR) is 100 cm³/mol. The van der Waals surface area contributed by atoms with Gasteiger partial charge in [-0.2, -0.15) is 0 Å². The van der Waals surface area contributed by atoms with Gasteiger partial charge in [0, 0.05) is 42.0 Å². The van der Waals surface area contributed by atoms with Crippen LogP contribution >= 0.6 is 11.3 Å². The summed E-state index contributed by atoms with van der Waals surface area (Å²) >= 11 is 1.54. The van der Waals surface area contributed by atoms with Crippen LogP contribution in [0.15, 0.2) is 53.9 Å². The van der Waals surface area contributed by atoms with E-state index in [4.69, 9.17) is 5.73 Å². The molecular formula is C18H18N4OS. The number of thiazole rings is 1. The molecule has 0 aliphatic rings. The highest BCUT2D eigenvalue weighted by Crippen LogP contribution is 2.28. The first-order chi connectivity index (χ1) is 11.5. The fourth-order valence-electron chi connectivity index (χ4n) is 2.24. The Labute approximate surface area is 144 Å². The second kappa shape index (κ2) is 6.72. The molecule has 0 unspecified atom stereocenters. The minimum atomic E-state index is -0.427. The smallest absolute Gasteiger partial charge is 0.248 e. The molecule has 0 aliphatic carbocycles. The van der Waals surface area contributed by atoms with Gasteiger partial charge in [0.2, 0.25) is 5.91 Å². The Morgan fingerprint density at radius 2 is 1.75 bits per heavy atom. The third-order valence-electron chi connectivity index (χ3n) is 3.60. The number of hydrogen-bond donors (Lipinski definition) is 2. The van der Waals surface area contributed by atoms with Crippen LogP contribution in [0.3, 0.4) is 0 Å². The summed E-state index contributed by atoms with van der Waals surface area (Å²) in [7, 11) is 4.03. The summed E-state index contributed by atoms with van der Waals surface area (Å²) < 4.78 is 0. The van der Waals surface area contributed by atoms with E-state index in [9.17, 15) is 4.79 Å². The Bertz CT molecular complexity index is 838. The van der Waals surface area contributed by atoms with Crippen molar-refractivity contribution in [2.45, 2.75) is 0 Å². The normalized spacial score (nSPS) is 10.4. The second-order valence-corrected chi connectivity index (χ2v) is 6.40. The van der Waals surface area contributed by atoms with E-state index in [1.807, 2.05) is 43.7 Å². The van der Waals surface area contributed by atoms with E-state index in [1.54, 1.807) is 12.1 Å². The third kappa shape index (κ3) is 3.55. The number of hydrogen-bond acceptors (Lipinski definition) is 5. The summed E-state index contributed by atoms with van der Waals surface area (Å²) in [6, 6.07) is 15.3. The van der Waals surface area contributed by atoms with E-state index in [2.05, 4.69) is 27.3 Å². The Morgan fingerprint density at radius 3 is 2.33 bits per heavy atom. The van der Waals surface area contributed by atoms with Crippen LogP contribution in [0.4, 0.5) is 16.5 Å². The second-order valence-electron chi connectivity index (χ2n) is 5.55. The highest BCUT2D eigenvalue weighted by Gasteiger charge is 2.07. The SMILES string of the molecule is CN(C)c1ccc(Nc2nc(-c3ccc(C(N)=O)cc3)cs2)cc1. The summed E-state index contributed by atoms with van der Waals surface area (Å²) in [4.78, 5) is 17.8. The quantitative estimate of drug-likeness (QED) is 0.744. The van der Waals surface area contributed by atoms with E-state index < -0.39 is 5.91 Å². The van der Waals surface area contributed by atoms with Crippen LogP contribution in [-0.2, 0) is 0 Å². The first-order valence-corrected chi connectivity index (χ1v) is 8.31. The number of anilines is 3. The zero-order chi connectivity index (χ0) is 17.1. The molecular weight excluding hydrogens is 320 g/mol. The molecule has 24 heavy (non-hydrogen) atoms.